The first-order valence-corrected chi connectivity index (χ1v) is 6.72. The molecule has 2 rings (SSSR count). The first kappa shape index (κ1) is 11.8. The normalized spacial score (nSPS) is 12.7. The Balaban J connectivity index is 2.37. The van der Waals surface area contributed by atoms with Crippen molar-refractivity contribution in [2.24, 2.45) is 0 Å². The van der Waals surface area contributed by atoms with Gasteiger partial charge in [0.25, 0.3) is 0 Å². The van der Waals surface area contributed by atoms with Crippen LogP contribution in [-0.4, -0.2) is 12.0 Å². The zero-order valence-electron chi connectivity index (χ0n) is 9.20. The van der Waals surface area contributed by atoms with Gasteiger partial charge in [-0.05, 0) is 31.2 Å². The highest BCUT2D eigenvalue weighted by Crippen LogP contribution is 2.27. The van der Waals surface area contributed by atoms with E-state index in [1.54, 1.807) is 11.3 Å². The molecule has 1 atom stereocenters. The van der Waals surface area contributed by atoms with Crippen LogP contribution >= 0.6 is 27.3 Å². The molecule has 0 aliphatic heterocycles. The first-order chi connectivity index (χ1) is 7.72. The smallest absolute Gasteiger partial charge is 0.114 e. The van der Waals surface area contributed by atoms with Crippen LogP contribution < -0.4 is 5.32 Å². The highest BCUT2D eigenvalue weighted by molar-refractivity contribution is 9.10. The number of hydrogen-bond acceptors (Lipinski definition) is 3. The molecular formula is C12H13BrN2S. The third-order valence-electron chi connectivity index (χ3n) is 2.52. The first-order valence-electron chi connectivity index (χ1n) is 5.05. The molecule has 0 radical (unpaired) electrons. The summed E-state index contributed by atoms with van der Waals surface area (Å²) in [6.07, 6.45) is 1.84. The van der Waals surface area contributed by atoms with E-state index in [1.165, 1.54) is 11.1 Å². The van der Waals surface area contributed by atoms with E-state index in [4.69, 9.17) is 0 Å². The quantitative estimate of drug-likeness (QED) is 0.937. The number of aromatic nitrogens is 1. The minimum atomic E-state index is 0.178. The minimum absolute atomic E-state index is 0.178. The molecule has 2 nitrogen and oxygen atoms in total. The number of hydrogen-bond donors (Lipinski definition) is 1. The number of rotatable bonds is 3. The molecule has 1 heterocycles. The second-order valence-corrected chi connectivity index (χ2v) is 5.38. The van der Waals surface area contributed by atoms with Crippen molar-refractivity contribution in [1.29, 1.82) is 0 Å². The Kier molecular flexibility index (Phi) is 3.74. The van der Waals surface area contributed by atoms with Gasteiger partial charge in [-0.25, -0.2) is 4.98 Å². The maximum absolute atomic E-state index is 4.36. The van der Waals surface area contributed by atoms with Gasteiger partial charge >= 0.3 is 0 Å². The molecular weight excluding hydrogens is 284 g/mol. The number of aryl methyl sites for hydroxylation is 1. The van der Waals surface area contributed by atoms with E-state index in [1.807, 2.05) is 18.6 Å². The molecule has 16 heavy (non-hydrogen) atoms. The van der Waals surface area contributed by atoms with Crippen molar-refractivity contribution in [3.05, 3.63) is 50.4 Å². The van der Waals surface area contributed by atoms with Crippen molar-refractivity contribution < 1.29 is 0 Å². The van der Waals surface area contributed by atoms with Gasteiger partial charge in [0.15, 0.2) is 0 Å². The summed E-state index contributed by atoms with van der Waals surface area (Å²) >= 11 is 5.23. The Morgan fingerprint density at radius 1 is 1.44 bits per heavy atom. The molecule has 0 aliphatic rings. The van der Waals surface area contributed by atoms with Crippen molar-refractivity contribution in [1.82, 2.24) is 10.3 Å². The second kappa shape index (κ2) is 5.08. The Morgan fingerprint density at radius 2 is 2.25 bits per heavy atom. The van der Waals surface area contributed by atoms with Crippen LogP contribution in [0.3, 0.4) is 0 Å². The summed E-state index contributed by atoms with van der Waals surface area (Å²) in [5.74, 6) is 0. The van der Waals surface area contributed by atoms with Crippen LogP contribution in [0.25, 0.3) is 0 Å². The lowest BCUT2D eigenvalue weighted by Crippen LogP contribution is -2.17. The van der Waals surface area contributed by atoms with Crippen molar-refractivity contribution in [3.63, 3.8) is 0 Å². The summed E-state index contributed by atoms with van der Waals surface area (Å²) in [5.41, 5.74) is 2.48. The van der Waals surface area contributed by atoms with Gasteiger partial charge in [0, 0.05) is 16.0 Å². The molecule has 2 aromatic rings. The molecule has 4 heteroatoms. The molecule has 0 spiro atoms. The third kappa shape index (κ3) is 2.34. The van der Waals surface area contributed by atoms with E-state index in [9.17, 15) is 0 Å². The largest absolute Gasteiger partial charge is 0.307 e. The predicted molar refractivity (Wildman–Crippen MR) is 71.9 cm³/mol. The van der Waals surface area contributed by atoms with Gasteiger partial charge in [-0.15, -0.1) is 11.3 Å². The third-order valence-corrected chi connectivity index (χ3v) is 4.21. The molecule has 1 aromatic carbocycles. The molecule has 0 aliphatic carbocycles. The lowest BCUT2D eigenvalue weighted by molar-refractivity contribution is 0.686. The van der Waals surface area contributed by atoms with Crippen LogP contribution in [0.15, 0.2) is 34.2 Å². The fourth-order valence-corrected chi connectivity index (χ4v) is 2.77. The van der Waals surface area contributed by atoms with Gasteiger partial charge in [-0.1, -0.05) is 28.1 Å². The molecule has 1 N–H and O–H groups in total. The SMILES string of the molecule is CNC(c1ccc(C)c(Br)c1)c1nccs1. The monoisotopic (exact) mass is 296 g/mol. The number of nitrogens with zero attached hydrogens (tertiary/aromatic N) is 1. The summed E-state index contributed by atoms with van der Waals surface area (Å²) in [5, 5.41) is 6.39. The molecule has 1 aromatic heterocycles. The lowest BCUT2D eigenvalue weighted by Gasteiger charge is -2.14. The molecule has 0 bridgehead atoms. The highest BCUT2D eigenvalue weighted by atomic mass is 79.9. The van der Waals surface area contributed by atoms with E-state index < -0.39 is 0 Å². The van der Waals surface area contributed by atoms with Crippen molar-refractivity contribution >= 4 is 27.3 Å². The van der Waals surface area contributed by atoms with Crippen LogP contribution in [0.2, 0.25) is 0 Å². The van der Waals surface area contributed by atoms with Gasteiger partial charge in [0.2, 0.25) is 0 Å². The van der Waals surface area contributed by atoms with Gasteiger partial charge in [0.05, 0.1) is 6.04 Å². The number of halogens is 1. The van der Waals surface area contributed by atoms with Crippen molar-refractivity contribution in [3.8, 4) is 0 Å². The lowest BCUT2D eigenvalue weighted by atomic mass is 10.1. The maximum atomic E-state index is 4.36. The number of benzene rings is 1. The molecule has 0 saturated heterocycles. The summed E-state index contributed by atoms with van der Waals surface area (Å²) in [6.45, 7) is 2.09. The predicted octanol–water partition coefficient (Wildman–Crippen LogP) is 3.52. The number of nitrogens with one attached hydrogen (secondary N) is 1. The standard InChI is InChI=1S/C12H13BrN2S/c1-8-3-4-9(7-10(8)13)11(14-2)12-15-5-6-16-12/h3-7,11,14H,1-2H3. The van der Waals surface area contributed by atoms with Crippen LogP contribution in [0.4, 0.5) is 0 Å². The van der Waals surface area contributed by atoms with Crippen LogP contribution in [0.1, 0.15) is 22.2 Å². The van der Waals surface area contributed by atoms with Gasteiger partial charge < -0.3 is 5.32 Å². The van der Waals surface area contributed by atoms with Crippen molar-refractivity contribution in [2.75, 3.05) is 7.05 Å². The van der Waals surface area contributed by atoms with Gasteiger partial charge in [-0.2, -0.15) is 0 Å². The Morgan fingerprint density at radius 3 is 2.81 bits per heavy atom. The second-order valence-electron chi connectivity index (χ2n) is 3.60. The highest BCUT2D eigenvalue weighted by Gasteiger charge is 2.14. The topological polar surface area (TPSA) is 24.9 Å². The van der Waals surface area contributed by atoms with E-state index in [0.29, 0.717) is 0 Å². The molecule has 84 valence electrons. The fraction of sp³-hybridized carbons (Fsp3) is 0.250. The summed E-state index contributed by atoms with van der Waals surface area (Å²) in [6, 6.07) is 6.59. The fourth-order valence-electron chi connectivity index (χ4n) is 1.60. The van der Waals surface area contributed by atoms with E-state index in [-0.39, 0.29) is 6.04 Å². The van der Waals surface area contributed by atoms with Crippen LogP contribution in [0, 0.1) is 6.92 Å². The molecule has 1 unspecified atom stereocenters. The molecule has 0 saturated carbocycles. The zero-order valence-corrected chi connectivity index (χ0v) is 11.6. The average Bonchev–Trinajstić information content (AvgIpc) is 2.78. The van der Waals surface area contributed by atoms with Crippen molar-refractivity contribution in [2.45, 2.75) is 13.0 Å². The Bertz CT molecular complexity index is 468. The van der Waals surface area contributed by atoms with Crippen LogP contribution in [-0.2, 0) is 0 Å². The van der Waals surface area contributed by atoms with E-state index >= 15 is 0 Å². The summed E-state index contributed by atoms with van der Waals surface area (Å²) < 4.78 is 1.14. The minimum Gasteiger partial charge on any atom is -0.307 e. The average molecular weight is 297 g/mol. The Hall–Kier alpha value is -0.710. The van der Waals surface area contributed by atoms with E-state index in [2.05, 4.69) is 51.4 Å². The summed E-state index contributed by atoms with van der Waals surface area (Å²) in [4.78, 5) is 4.36. The van der Waals surface area contributed by atoms with E-state index in [0.717, 1.165) is 9.48 Å². The van der Waals surface area contributed by atoms with Crippen LogP contribution in [0.5, 0.6) is 0 Å². The maximum Gasteiger partial charge on any atom is 0.114 e. The van der Waals surface area contributed by atoms with Gasteiger partial charge in [-0.3, -0.25) is 0 Å². The molecule has 0 fully saturated rings. The Labute approximate surface area is 108 Å². The number of thiazole rings is 1. The summed E-state index contributed by atoms with van der Waals surface area (Å²) in [7, 11) is 1.96. The van der Waals surface area contributed by atoms with Gasteiger partial charge in [0.1, 0.15) is 5.01 Å². The zero-order chi connectivity index (χ0) is 11.5. The molecule has 0 amide bonds.